The molecule has 1 aliphatic heterocycles. The van der Waals surface area contributed by atoms with E-state index in [9.17, 15) is 13.2 Å². The number of amides is 1. The van der Waals surface area contributed by atoms with Crippen molar-refractivity contribution in [3.63, 3.8) is 0 Å². The summed E-state index contributed by atoms with van der Waals surface area (Å²) in [4.78, 5) is 17.6. The van der Waals surface area contributed by atoms with E-state index in [1.165, 1.54) is 15.6 Å². The van der Waals surface area contributed by atoms with Crippen LogP contribution in [0.15, 0.2) is 64.9 Å². The van der Waals surface area contributed by atoms with Crippen molar-refractivity contribution < 1.29 is 17.9 Å². The number of hydrogen-bond acceptors (Lipinski definition) is 6. The summed E-state index contributed by atoms with van der Waals surface area (Å²) in [5, 5.41) is 5.35. The van der Waals surface area contributed by atoms with Crippen LogP contribution in [-0.4, -0.2) is 43.3 Å². The molecular formula is C24H27N3O4S2. The average molecular weight is 486 g/mol. The maximum absolute atomic E-state index is 12.8. The monoisotopic (exact) mass is 485 g/mol. The van der Waals surface area contributed by atoms with Crippen molar-refractivity contribution >= 4 is 32.4 Å². The van der Waals surface area contributed by atoms with Crippen LogP contribution in [0.25, 0.3) is 11.3 Å². The molecule has 7 nitrogen and oxygen atoms in total. The van der Waals surface area contributed by atoms with E-state index >= 15 is 0 Å². The van der Waals surface area contributed by atoms with Crippen LogP contribution in [0.3, 0.4) is 0 Å². The smallest absolute Gasteiger partial charge is 0.243 e. The van der Waals surface area contributed by atoms with E-state index in [0.717, 1.165) is 23.4 Å². The molecule has 2 heterocycles. The summed E-state index contributed by atoms with van der Waals surface area (Å²) in [6.45, 7) is 3.40. The van der Waals surface area contributed by atoms with Gasteiger partial charge >= 0.3 is 0 Å². The number of carbonyl (C=O) groups is 1. The predicted molar refractivity (Wildman–Crippen MR) is 130 cm³/mol. The number of benzene rings is 2. The van der Waals surface area contributed by atoms with Gasteiger partial charge < -0.3 is 10.1 Å². The quantitative estimate of drug-likeness (QED) is 0.502. The summed E-state index contributed by atoms with van der Waals surface area (Å²) < 4.78 is 32.6. The lowest BCUT2D eigenvalue weighted by molar-refractivity contribution is -0.120. The molecule has 1 saturated heterocycles. The lowest BCUT2D eigenvalue weighted by Gasteiger charge is -2.30. The van der Waals surface area contributed by atoms with Crippen LogP contribution < -0.4 is 10.1 Å². The van der Waals surface area contributed by atoms with E-state index in [-0.39, 0.29) is 16.7 Å². The normalized spacial score (nSPS) is 15.3. The molecule has 174 valence electrons. The Bertz CT molecular complexity index is 1170. The number of sulfonamides is 1. The molecule has 1 aromatic heterocycles. The van der Waals surface area contributed by atoms with Gasteiger partial charge in [-0.1, -0.05) is 25.1 Å². The summed E-state index contributed by atoms with van der Waals surface area (Å²) >= 11 is 1.38. The number of piperidine rings is 1. The minimum Gasteiger partial charge on any atom is -0.494 e. The van der Waals surface area contributed by atoms with Crippen molar-refractivity contribution in [3.8, 4) is 17.0 Å². The molecular weight excluding hydrogens is 458 g/mol. The van der Waals surface area contributed by atoms with Gasteiger partial charge in [-0.05, 0) is 55.7 Å². The summed E-state index contributed by atoms with van der Waals surface area (Å²) in [5.74, 6) is 0.468. The van der Waals surface area contributed by atoms with Gasteiger partial charge in [-0.15, -0.1) is 11.3 Å². The number of carbonyl (C=O) groups excluding carboxylic acids is 1. The van der Waals surface area contributed by atoms with Gasteiger partial charge in [0, 0.05) is 30.0 Å². The van der Waals surface area contributed by atoms with Gasteiger partial charge in [0.25, 0.3) is 0 Å². The number of thiazole rings is 1. The van der Waals surface area contributed by atoms with Crippen LogP contribution in [0.2, 0.25) is 0 Å². The fraction of sp³-hybridized carbons (Fsp3) is 0.333. The minimum absolute atomic E-state index is 0.115. The Kier molecular flexibility index (Phi) is 7.42. The van der Waals surface area contributed by atoms with Crippen molar-refractivity contribution in [2.24, 2.45) is 5.92 Å². The maximum atomic E-state index is 12.8. The number of nitrogens with zero attached hydrogens (tertiary/aromatic N) is 2. The number of rotatable bonds is 8. The molecule has 0 spiro atoms. The van der Waals surface area contributed by atoms with Crippen molar-refractivity contribution in [1.29, 1.82) is 0 Å². The largest absolute Gasteiger partial charge is 0.494 e. The predicted octanol–water partition coefficient (Wildman–Crippen LogP) is 4.64. The summed E-state index contributed by atoms with van der Waals surface area (Å²) in [6, 6.07) is 16.1. The molecule has 1 aliphatic rings. The number of nitrogens with one attached hydrogen (secondary N) is 1. The van der Waals surface area contributed by atoms with Gasteiger partial charge in [-0.2, -0.15) is 4.31 Å². The van der Waals surface area contributed by atoms with Crippen LogP contribution in [0.4, 0.5) is 5.13 Å². The third-order valence-electron chi connectivity index (χ3n) is 5.56. The minimum atomic E-state index is -3.52. The van der Waals surface area contributed by atoms with Crippen molar-refractivity contribution in [2.75, 3.05) is 25.0 Å². The highest BCUT2D eigenvalue weighted by Gasteiger charge is 2.32. The fourth-order valence-corrected chi connectivity index (χ4v) is 5.93. The van der Waals surface area contributed by atoms with E-state index in [1.807, 2.05) is 29.6 Å². The van der Waals surface area contributed by atoms with E-state index < -0.39 is 10.0 Å². The topological polar surface area (TPSA) is 88.6 Å². The molecule has 0 radical (unpaired) electrons. The Morgan fingerprint density at radius 3 is 2.48 bits per heavy atom. The lowest BCUT2D eigenvalue weighted by Crippen LogP contribution is -2.41. The zero-order chi connectivity index (χ0) is 23.3. The second kappa shape index (κ2) is 10.5. The zero-order valence-electron chi connectivity index (χ0n) is 18.4. The summed E-state index contributed by atoms with van der Waals surface area (Å²) in [7, 11) is -3.52. The van der Waals surface area contributed by atoms with Crippen LogP contribution in [-0.2, 0) is 14.8 Å². The summed E-state index contributed by atoms with van der Waals surface area (Å²) in [6.07, 6.45) is 1.92. The summed E-state index contributed by atoms with van der Waals surface area (Å²) in [5.41, 5.74) is 1.75. The molecule has 33 heavy (non-hydrogen) atoms. The van der Waals surface area contributed by atoms with Gasteiger partial charge in [0.2, 0.25) is 15.9 Å². The standard InChI is InChI=1S/C24H27N3O4S2/c1-2-16-31-20-10-8-18(9-11-20)22-17-32-24(25-22)26-23(28)19-12-14-27(15-13-19)33(29,30)21-6-4-3-5-7-21/h3-11,17,19H,2,12-16H2,1H3,(H,25,26,28). The first kappa shape index (κ1) is 23.4. The Morgan fingerprint density at radius 2 is 1.82 bits per heavy atom. The van der Waals surface area contributed by atoms with Gasteiger partial charge in [0.05, 0.1) is 17.2 Å². The van der Waals surface area contributed by atoms with Crippen molar-refractivity contribution in [3.05, 3.63) is 60.0 Å². The molecule has 1 fully saturated rings. The number of aromatic nitrogens is 1. The zero-order valence-corrected chi connectivity index (χ0v) is 20.1. The van der Waals surface area contributed by atoms with Crippen LogP contribution in [0, 0.1) is 5.92 Å². The highest BCUT2D eigenvalue weighted by molar-refractivity contribution is 7.89. The SMILES string of the molecule is CCCOc1ccc(-c2csc(NC(=O)C3CCN(S(=O)(=O)c4ccccc4)CC3)n2)cc1. The van der Waals surface area contributed by atoms with Gasteiger partial charge in [0.1, 0.15) is 5.75 Å². The van der Waals surface area contributed by atoms with Crippen molar-refractivity contribution in [2.45, 2.75) is 31.1 Å². The molecule has 0 bridgehead atoms. The first-order valence-electron chi connectivity index (χ1n) is 11.0. The first-order chi connectivity index (χ1) is 16.0. The maximum Gasteiger partial charge on any atom is 0.243 e. The molecule has 0 saturated carbocycles. The fourth-order valence-electron chi connectivity index (χ4n) is 3.71. The van der Waals surface area contributed by atoms with Gasteiger partial charge in [-0.25, -0.2) is 13.4 Å². The second-order valence-corrected chi connectivity index (χ2v) is 10.7. The highest BCUT2D eigenvalue weighted by Crippen LogP contribution is 2.28. The molecule has 0 atom stereocenters. The Balaban J connectivity index is 1.32. The Hall–Kier alpha value is -2.75. The van der Waals surface area contributed by atoms with Crippen LogP contribution in [0.1, 0.15) is 26.2 Å². The molecule has 9 heteroatoms. The van der Waals surface area contributed by atoms with E-state index in [2.05, 4.69) is 17.2 Å². The Morgan fingerprint density at radius 1 is 1.12 bits per heavy atom. The highest BCUT2D eigenvalue weighted by atomic mass is 32.2. The first-order valence-corrected chi connectivity index (χ1v) is 13.3. The lowest BCUT2D eigenvalue weighted by atomic mass is 9.97. The number of anilines is 1. The van der Waals surface area contributed by atoms with Crippen LogP contribution in [0.5, 0.6) is 5.75 Å². The number of hydrogen-bond donors (Lipinski definition) is 1. The average Bonchev–Trinajstić information content (AvgIpc) is 3.32. The van der Waals surface area contributed by atoms with Crippen molar-refractivity contribution in [1.82, 2.24) is 9.29 Å². The van der Waals surface area contributed by atoms with E-state index in [1.54, 1.807) is 30.3 Å². The second-order valence-electron chi connectivity index (χ2n) is 7.89. The Labute approximate surface area is 198 Å². The van der Waals surface area contributed by atoms with E-state index in [4.69, 9.17) is 4.74 Å². The third-order valence-corrected chi connectivity index (χ3v) is 8.23. The molecule has 2 aromatic carbocycles. The van der Waals surface area contributed by atoms with Gasteiger partial charge in [0.15, 0.2) is 5.13 Å². The third kappa shape index (κ3) is 5.61. The molecule has 0 unspecified atom stereocenters. The number of ether oxygens (including phenoxy) is 1. The molecule has 0 aliphatic carbocycles. The molecule has 1 amide bonds. The van der Waals surface area contributed by atoms with Gasteiger partial charge in [-0.3, -0.25) is 4.79 Å². The molecule has 3 aromatic rings. The molecule has 4 rings (SSSR count). The van der Waals surface area contributed by atoms with Crippen LogP contribution >= 0.6 is 11.3 Å². The molecule has 1 N–H and O–H groups in total. The van der Waals surface area contributed by atoms with E-state index in [0.29, 0.717) is 37.7 Å².